The van der Waals surface area contributed by atoms with Crippen LogP contribution < -0.4 is 19.7 Å². The number of ether oxygens (including phenoxy) is 2. The summed E-state index contributed by atoms with van der Waals surface area (Å²) in [5, 5.41) is 2.88. The summed E-state index contributed by atoms with van der Waals surface area (Å²) in [4.78, 5) is 14.1. The number of amides is 1. The Bertz CT molecular complexity index is 658. The van der Waals surface area contributed by atoms with Gasteiger partial charge in [0, 0.05) is 37.5 Å². The topological polar surface area (TPSA) is 50.8 Å². The molecule has 1 amide bonds. The number of carbonyl (C=O) groups excluding carboxylic acids is 1. The van der Waals surface area contributed by atoms with Crippen molar-refractivity contribution in [3.05, 3.63) is 48.5 Å². The zero-order valence-corrected chi connectivity index (χ0v) is 12.4. The third-order valence-corrected chi connectivity index (χ3v) is 3.53. The summed E-state index contributed by atoms with van der Waals surface area (Å²) >= 11 is 0. The first-order valence-corrected chi connectivity index (χ1v) is 7.18. The first-order valence-electron chi connectivity index (χ1n) is 7.18. The van der Waals surface area contributed by atoms with E-state index in [1.807, 2.05) is 43.4 Å². The molecule has 1 aliphatic rings. The number of rotatable bonds is 5. The lowest BCUT2D eigenvalue weighted by atomic mass is 10.2. The number of hydrogen-bond donors (Lipinski definition) is 1. The molecule has 2 aromatic carbocycles. The molecule has 0 atom stereocenters. The Morgan fingerprint density at radius 3 is 2.73 bits per heavy atom. The van der Waals surface area contributed by atoms with Crippen molar-refractivity contribution in [1.82, 2.24) is 0 Å². The molecule has 5 heteroatoms. The molecule has 1 N–H and O–H groups in total. The van der Waals surface area contributed by atoms with Crippen LogP contribution in [0.4, 0.5) is 11.4 Å². The highest BCUT2D eigenvalue weighted by molar-refractivity contribution is 5.91. The molecule has 0 spiro atoms. The molecule has 0 saturated carbocycles. The van der Waals surface area contributed by atoms with Crippen molar-refractivity contribution in [3.63, 3.8) is 0 Å². The number of anilines is 2. The molecule has 0 bridgehead atoms. The molecule has 0 unspecified atom stereocenters. The predicted octanol–water partition coefficient (Wildman–Crippen LogP) is 2.88. The summed E-state index contributed by atoms with van der Waals surface area (Å²) < 4.78 is 10.5. The average molecular weight is 298 g/mol. The fourth-order valence-electron chi connectivity index (χ4n) is 2.28. The lowest BCUT2D eigenvalue weighted by Gasteiger charge is -2.18. The summed E-state index contributed by atoms with van der Waals surface area (Å²) in [5.41, 5.74) is 1.81. The van der Waals surface area contributed by atoms with Crippen molar-refractivity contribution in [1.29, 1.82) is 0 Å². The van der Waals surface area contributed by atoms with Gasteiger partial charge in [0.2, 0.25) is 12.7 Å². The fourth-order valence-corrected chi connectivity index (χ4v) is 2.28. The summed E-state index contributed by atoms with van der Waals surface area (Å²) in [6, 6.07) is 15.4. The Morgan fingerprint density at radius 2 is 1.91 bits per heavy atom. The van der Waals surface area contributed by atoms with Gasteiger partial charge >= 0.3 is 0 Å². The standard InChI is InChI=1S/C17H18N2O3/c1-19(14-5-3-2-4-6-14)10-9-17(20)18-13-7-8-15-16(11-13)22-12-21-15/h2-8,11H,9-10,12H2,1H3,(H,18,20). The molecule has 0 fully saturated rings. The van der Waals surface area contributed by atoms with Gasteiger partial charge in [-0.3, -0.25) is 4.79 Å². The number of carbonyl (C=O) groups is 1. The Hall–Kier alpha value is -2.69. The number of benzene rings is 2. The zero-order valence-electron chi connectivity index (χ0n) is 12.4. The minimum atomic E-state index is -0.0263. The monoisotopic (exact) mass is 298 g/mol. The highest BCUT2D eigenvalue weighted by Gasteiger charge is 2.14. The van der Waals surface area contributed by atoms with Gasteiger partial charge in [-0.2, -0.15) is 0 Å². The maximum Gasteiger partial charge on any atom is 0.231 e. The van der Waals surface area contributed by atoms with E-state index in [2.05, 4.69) is 10.2 Å². The van der Waals surface area contributed by atoms with E-state index in [0.29, 0.717) is 24.5 Å². The van der Waals surface area contributed by atoms with Crippen LogP contribution in [-0.2, 0) is 4.79 Å². The Balaban J connectivity index is 1.52. The van der Waals surface area contributed by atoms with Gasteiger partial charge in [0.25, 0.3) is 0 Å². The average Bonchev–Trinajstić information content (AvgIpc) is 3.01. The van der Waals surface area contributed by atoms with Crippen molar-refractivity contribution >= 4 is 17.3 Å². The molecule has 0 saturated heterocycles. The van der Waals surface area contributed by atoms with E-state index in [1.54, 1.807) is 12.1 Å². The van der Waals surface area contributed by atoms with E-state index in [1.165, 1.54) is 0 Å². The van der Waals surface area contributed by atoms with Gasteiger partial charge in [-0.05, 0) is 24.3 Å². The van der Waals surface area contributed by atoms with Gasteiger partial charge in [0.15, 0.2) is 11.5 Å². The maximum absolute atomic E-state index is 12.0. The van der Waals surface area contributed by atoms with E-state index in [4.69, 9.17) is 9.47 Å². The van der Waals surface area contributed by atoms with E-state index < -0.39 is 0 Å². The van der Waals surface area contributed by atoms with Crippen molar-refractivity contribution in [3.8, 4) is 11.5 Å². The van der Waals surface area contributed by atoms with Crippen LogP contribution in [0.2, 0.25) is 0 Å². The van der Waals surface area contributed by atoms with Crippen LogP contribution in [0, 0.1) is 0 Å². The Kier molecular flexibility index (Phi) is 4.14. The second-order valence-corrected chi connectivity index (χ2v) is 5.12. The number of fused-ring (bicyclic) bond motifs is 1. The number of hydrogen-bond acceptors (Lipinski definition) is 4. The highest BCUT2D eigenvalue weighted by Crippen LogP contribution is 2.34. The molecule has 0 aromatic heterocycles. The molecule has 114 valence electrons. The van der Waals surface area contributed by atoms with E-state index >= 15 is 0 Å². The minimum Gasteiger partial charge on any atom is -0.454 e. The molecule has 1 aliphatic heterocycles. The van der Waals surface area contributed by atoms with Gasteiger partial charge in [-0.1, -0.05) is 18.2 Å². The lowest BCUT2D eigenvalue weighted by Crippen LogP contribution is -2.23. The van der Waals surface area contributed by atoms with Crippen LogP contribution >= 0.6 is 0 Å². The second kappa shape index (κ2) is 6.39. The largest absolute Gasteiger partial charge is 0.454 e. The first-order chi connectivity index (χ1) is 10.7. The molecular formula is C17H18N2O3. The van der Waals surface area contributed by atoms with Crippen molar-refractivity contribution in [2.24, 2.45) is 0 Å². The summed E-state index contributed by atoms with van der Waals surface area (Å²) in [6.07, 6.45) is 0.417. The maximum atomic E-state index is 12.0. The van der Waals surface area contributed by atoms with Crippen LogP contribution in [-0.4, -0.2) is 26.3 Å². The van der Waals surface area contributed by atoms with E-state index in [0.717, 1.165) is 11.4 Å². The molecule has 22 heavy (non-hydrogen) atoms. The number of nitrogens with one attached hydrogen (secondary N) is 1. The molecule has 5 nitrogen and oxygen atoms in total. The minimum absolute atomic E-state index is 0.0263. The summed E-state index contributed by atoms with van der Waals surface area (Å²) in [7, 11) is 1.98. The van der Waals surface area contributed by atoms with Gasteiger partial charge < -0.3 is 19.7 Å². The molecule has 0 aliphatic carbocycles. The molecular weight excluding hydrogens is 280 g/mol. The number of para-hydroxylation sites is 1. The van der Waals surface area contributed by atoms with Crippen LogP contribution in [0.1, 0.15) is 6.42 Å². The second-order valence-electron chi connectivity index (χ2n) is 5.12. The van der Waals surface area contributed by atoms with Crippen LogP contribution in [0.25, 0.3) is 0 Å². The quantitative estimate of drug-likeness (QED) is 0.922. The zero-order chi connectivity index (χ0) is 15.4. The summed E-state index contributed by atoms with van der Waals surface area (Å²) in [6.45, 7) is 0.884. The van der Waals surface area contributed by atoms with Crippen molar-refractivity contribution in [2.75, 3.05) is 30.6 Å². The van der Waals surface area contributed by atoms with Crippen molar-refractivity contribution in [2.45, 2.75) is 6.42 Å². The third kappa shape index (κ3) is 3.31. The van der Waals surface area contributed by atoms with E-state index in [-0.39, 0.29) is 12.7 Å². The van der Waals surface area contributed by atoms with Crippen molar-refractivity contribution < 1.29 is 14.3 Å². The van der Waals surface area contributed by atoms with Crippen LogP contribution in [0.15, 0.2) is 48.5 Å². The normalized spacial score (nSPS) is 12.0. The first kappa shape index (κ1) is 14.3. The summed E-state index contributed by atoms with van der Waals surface area (Å²) in [5.74, 6) is 1.35. The van der Waals surface area contributed by atoms with Gasteiger partial charge in [-0.25, -0.2) is 0 Å². The Labute approximate surface area is 129 Å². The highest BCUT2D eigenvalue weighted by atomic mass is 16.7. The van der Waals surface area contributed by atoms with Gasteiger partial charge in [0.05, 0.1) is 0 Å². The Morgan fingerprint density at radius 1 is 1.14 bits per heavy atom. The van der Waals surface area contributed by atoms with Crippen LogP contribution in [0.5, 0.6) is 11.5 Å². The van der Waals surface area contributed by atoms with E-state index in [9.17, 15) is 4.79 Å². The predicted molar refractivity (Wildman–Crippen MR) is 85.5 cm³/mol. The molecule has 1 heterocycles. The molecule has 3 rings (SSSR count). The smallest absolute Gasteiger partial charge is 0.231 e. The third-order valence-electron chi connectivity index (χ3n) is 3.53. The molecule has 2 aromatic rings. The fraction of sp³-hybridized carbons (Fsp3) is 0.235. The molecule has 0 radical (unpaired) electrons. The number of nitrogens with zero attached hydrogens (tertiary/aromatic N) is 1. The van der Waals surface area contributed by atoms with Crippen LogP contribution in [0.3, 0.4) is 0 Å². The van der Waals surface area contributed by atoms with Gasteiger partial charge in [-0.15, -0.1) is 0 Å². The lowest BCUT2D eigenvalue weighted by molar-refractivity contribution is -0.116. The SMILES string of the molecule is CN(CCC(=O)Nc1ccc2c(c1)OCO2)c1ccccc1. The van der Waals surface area contributed by atoms with Gasteiger partial charge in [0.1, 0.15) is 0 Å².